The molecule has 0 radical (unpaired) electrons. The lowest BCUT2D eigenvalue weighted by Crippen LogP contribution is -2.38. The predicted molar refractivity (Wildman–Crippen MR) is 57.9 cm³/mol. The van der Waals surface area contributed by atoms with E-state index in [1.807, 2.05) is 0 Å². The van der Waals surface area contributed by atoms with E-state index < -0.39 is 5.97 Å². The topological polar surface area (TPSA) is 52.6 Å². The standard InChI is InChI=1S/C11H20N2O2/c14-11(15)5-2-9-8-13(10-3-4-10)7-1-6-12-9/h9-10,12H,1-8H2,(H,14,15). The number of nitrogens with zero attached hydrogens (tertiary/aromatic N) is 1. The maximum atomic E-state index is 10.5. The first-order valence-corrected chi connectivity index (χ1v) is 5.95. The van der Waals surface area contributed by atoms with Crippen LogP contribution >= 0.6 is 0 Å². The number of carbonyl (C=O) groups is 1. The van der Waals surface area contributed by atoms with Gasteiger partial charge in [0, 0.05) is 25.0 Å². The van der Waals surface area contributed by atoms with Crippen LogP contribution in [0.15, 0.2) is 0 Å². The number of aliphatic carboxylic acids is 1. The first-order valence-electron chi connectivity index (χ1n) is 5.95. The highest BCUT2D eigenvalue weighted by atomic mass is 16.4. The molecule has 0 bridgehead atoms. The van der Waals surface area contributed by atoms with E-state index in [4.69, 9.17) is 5.11 Å². The molecule has 1 atom stereocenters. The lowest BCUT2D eigenvalue weighted by atomic mass is 10.1. The van der Waals surface area contributed by atoms with Gasteiger partial charge in [-0.25, -0.2) is 0 Å². The highest BCUT2D eigenvalue weighted by molar-refractivity contribution is 5.66. The molecule has 0 spiro atoms. The number of hydrogen-bond acceptors (Lipinski definition) is 3. The van der Waals surface area contributed by atoms with Gasteiger partial charge in [0.1, 0.15) is 0 Å². The Labute approximate surface area is 90.6 Å². The van der Waals surface area contributed by atoms with Crippen molar-refractivity contribution in [3.8, 4) is 0 Å². The first kappa shape index (κ1) is 10.9. The predicted octanol–water partition coefficient (Wildman–Crippen LogP) is 0.677. The molecule has 1 aliphatic carbocycles. The lowest BCUT2D eigenvalue weighted by molar-refractivity contribution is -0.137. The van der Waals surface area contributed by atoms with Gasteiger partial charge in [0.25, 0.3) is 0 Å². The molecule has 2 N–H and O–H groups in total. The molecule has 4 heteroatoms. The molecule has 15 heavy (non-hydrogen) atoms. The molecule has 1 unspecified atom stereocenters. The Morgan fingerprint density at radius 3 is 2.93 bits per heavy atom. The highest BCUT2D eigenvalue weighted by Gasteiger charge is 2.31. The summed E-state index contributed by atoms with van der Waals surface area (Å²) in [6.45, 7) is 3.26. The molecule has 2 rings (SSSR count). The SMILES string of the molecule is O=C(O)CCC1CN(C2CC2)CCCN1. The second-order valence-electron chi connectivity index (χ2n) is 4.66. The van der Waals surface area contributed by atoms with Crippen molar-refractivity contribution in [2.24, 2.45) is 0 Å². The van der Waals surface area contributed by atoms with Crippen LogP contribution in [0.25, 0.3) is 0 Å². The zero-order valence-electron chi connectivity index (χ0n) is 9.11. The van der Waals surface area contributed by atoms with Crippen LogP contribution in [-0.2, 0) is 4.79 Å². The molecule has 1 heterocycles. The molecule has 1 aliphatic heterocycles. The van der Waals surface area contributed by atoms with E-state index in [9.17, 15) is 4.79 Å². The van der Waals surface area contributed by atoms with Crippen LogP contribution < -0.4 is 5.32 Å². The second-order valence-corrected chi connectivity index (χ2v) is 4.66. The van der Waals surface area contributed by atoms with E-state index >= 15 is 0 Å². The van der Waals surface area contributed by atoms with E-state index in [2.05, 4.69) is 10.2 Å². The Hall–Kier alpha value is -0.610. The summed E-state index contributed by atoms with van der Waals surface area (Å²) in [5.41, 5.74) is 0. The minimum absolute atomic E-state index is 0.288. The first-order chi connectivity index (χ1) is 7.25. The van der Waals surface area contributed by atoms with Crippen LogP contribution in [0.4, 0.5) is 0 Å². The van der Waals surface area contributed by atoms with Crippen molar-refractivity contribution in [3.63, 3.8) is 0 Å². The van der Waals surface area contributed by atoms with Crippen molar-refractivity contribution in [3.05, 3.63) is 0 Å². The van der Waals surface area contributed by atoms with Gasteiger partial charge in [-0.2, -0.15) is 0 Å². The van der Waals surface area contributed by atoms with Gasteiger partial charge in [0.2, 0.25) is 0 Å². The van der Waals surface area contributed by atoms with Crippen molar-refractivity contribution < 1.29 is 9.90 Å². The van der Waals surface area contributed by atoms with Gasteiger partial charge >= 0.3 is 5.97 Å². The molecule has 0 aromatic rings. The summed E-state index contributed by atoms with van der Waals surface area (Å²) >= 11 is 0. The molecule has 0 aromatic heterocycles. The Balaban J connectivity index is 1.78. The summed E-state index contributed by atoms with van der Waals surface area (Å²) in [7, 11) is 0. The summed E-state index contributed by atoms with van der Waals surface area (Å²) in [6.07, 6.45) is 4.92. The Kier molecular flexibility index (Phi) is 3.59. The molecule has 86 valence electrons. The van der Waals surface area contributed by atoms with Crippen LogP contribution in [-0.4, -0.2) is 47.7 Å². The van der Waals surface area contributed by atoms with Gasteiger partial charge < -0.3 is 10.4 Å². The monoisotopic (exact) mass is 212 g/mol. The average Bonchev–Trinajstić information content (AvgIpc) is 3.01. The summed E-state index contributed by atoms with van der Waals surface area (Å²) in [5.74, 6) is -0.681. The van der Waals surface area contributed by atoms with Crippen molar-refractivity contribution in [2.45, 2.75) is 44.2 Å². The van der Waals surface area contributed by atoms with Gasteiger partial charge in [0.15, 0.2) is 0 Å². The number of carboxylic acids is 1. The van der Waals surface area contributed by atoms with E-state index in [0.29, 0.717) is 6.04 Å². The van der Waals surface area contributed by atoms with E-state index in [1.165, 1.54) is 25.8 Å². The largest absolute Gasteiger partial charge is 0.481 e. The van der Waals surface area contributed by atoms with Crippen molar-refractivity contribution >= 4 is 5.97 Å². The van der Waals surface area contributed by atoms with Crippen LogP contribution in [0.5, 0.6) is 0 Å². The van der Waals surface area contributed by atoms with Gasteiger partial charge in [-0.05, 0) is 38.8 Å². The summed E-state index contributed by atoms with van der Waals surface area (Å²) < 4.78 is 0. The lowest BCUT2D eigenvalue weighted by Gasteiger charge is -2.23. The molecular weight excluding hydrogens is 192 g/mol. The minimum atomic E-state index is -0.681. The molecule has 0 amide bonds. The third-order valence-electron chi connectivity index (χ3n) is 3.28. The Bertz CT molecular complexity index is 229. The molecule has 4 nitrogen and oxygen atoms in total. The van der Waals surface area contributed by atoms with Crippen molar-refractivity contribution in [1.82, 2.24) is 10.2 Å². The Morgan fingerprint density at radius 1 is 1.47 bits per heavy atom. The summed E-state index contributed by atoms with van der Waals surface area (Å²) in [6, 6.07) is 1.18. The van der Waals surface area contributed by atoms with E-state index in [1.54, 1.807) is 0 Å². The molecule has 2 aliphatic rings. The normalized spacial score (nSPS) is 28.7. The number of carboxylic acid groups (broad SMARTS) is 1. The molecular formula is C11H20N2O2. The maximum Gasteiger partial charge on any atom is 0.303 e. The quantitative estimate of drug-likeness (QED) is 0.719. The van der Waals surface area contributed by atoms with Crippen LogP contribution in [0.2, 0.25) is 0 Å². The van der Waals surface area contributed by atoms with Gasteiger partial charge in [-0.15, -0.1) is 0 Å². The Morgan fingerprint density at radius 2 is 2.27 bits per heavy atom. The summed E-state index contributed by atoms with van der Waals surface area (Å²) in [4.78, 5) is 13.0. The average molecular weight is 212 g/mol. The zero-order valence-corrected chi connectivity index (χ0v) is 9.11. The highest BCUT2D eigenvalue weighted by Crippen LogP contribution is 2.27. The maximum absolute atomic E-state index is 10.5. The molecule has 2 fully saturated rings. The minimum Gasteiger partial charge on any atom is -0.481 e. The smallest absolute Gasteiger partial charge is 0.303 e. The zero-order chi connectivity index (χ0) is 10.7. The van der Waals surface area contributed by atoms with Crippen LogP contribution in [0.1, 0.15) is 32.1 Å². The van der Waals surface area contributed by atoms with Crippen molar-refractivity contribution in [2.75, 3.05) is 19.6 Å². The van der Waals surface area contributed by atoms with E-state index in [0.717, 1.165) is 25.6 Å². The van der Waals surface area contributed by atoms with Crippen molar-refractivity contribution in [1.29, 1.82) is 0 Å². The third kappa shape index (κ3) is 3.47. The third-order valence-corrected chi connectivity index (χ3v) is 3.28. The van der Waals surface area contributed by atoms with Gasteiger partial charge in [-0.1, -0.05) is 0 Å². The van der Waals surface area contributed by atoms with Crippen LogP contribution in [0.3, 0.4) is 0 Å². The fraction of sp³-hybridized carbons (Fsp3) is 0.909. The number of nitrogens with one attached hydrogen (secondary N) is 1. The fourth-order valence-corrected chi connectivity index (χ4v) is 2.29. The molecule has 0 aromatic carbocycles. The second kappa shape index (κ2) is 4.94. The molecule has 1 saturated heterocycles. The number of rotatable bonds is 4. The summed E-state index contributed by atoms with van der Waals surface area (Å²) in [5, 5.41) is 12.1. The molecule has 1 saturated carbocycles. The van der Waals surface area contributed by atoms with E-state index in [-0.39, 0.29) is 6.42 Å². The van der Waals surface area contributed by atoms with Gasteiger partial charge in [0.05, 0.1) is 0 Å². The fourth-order valence-electron chi connectivity index (χ4n) is 2.29. The number of hydrogen-bond donors (Lipinski definition) is 2. The van der Waals surface area contributed by atoms with Crippen LogP contribution in [0, 0.1) is 0 Å². The van der Waals surface area contributed by atoms with Gasteiger partial charge in [-0.3, -0.25) is 9.69 Å².